The van der Waals surface area contributed by atoms with Crippen LogP contribution >= 0.6 is 0 Å². The van der Waals surface area contributed by atoms with Crippen LogP contribution in [0.5, 0.6) is 0 Å². The first-order chi connectivity index (χ1) is 15.9. The number of hydrogen-bond donors (Lipinski definition) is 3. The first-order valence-electron chi connectivity index (χ1n) is 11.8. The van der Waals surface area contributed by atoms with E-state index in [9.17, 15) is 8.42 Å². The average Bonchev–Trinajstić information content (AvgIpc) is 3.45. The molecule has 3 aromatic rings. The summed E-state index contributed by atoms with van der Waals surface area (Å²) in [6, 6.07) is 7.53. The zero-order valence-electron chi connectivity index (χ0n) is 18.9. The van der Waals surface area contributed by atoms with Crippen LogP contribution in [-0.4, -0.2) is 40.0 Å². The molecule has 4 N–H and O–H groups in total. The molecular formula is C23H31N7O2S. The van der Waals surface area contributed by atoms with Crippen molar-refractivity contribution in [2.75, 3.05) is 10.0 Å². The maximum Gasteiger partial charge on any atom is 0.263 e. The standard InChI is InChI=1S/C23H31N7O2S/c1-15-6-12-19(13-7-15)33(31,32)29-21-20-22(30(14-25-20)18-4-2-3-5-18)28-23(27-21)26-17-10-8-16(24)9-11-17/h6-7,12-14,16-18H,2-5,8-11,24H2,1H3,(H2,26,27,28,29). The van der Waals surface area contributed by atoms with Gasteiger partial charge in [0.15, 0.2) is 17.0 Å². The topological polar surface area (TPSA) is 128 Å². The zero-order chi connectivity index (χ0) is 23.0. The van der Waals surface area contributed by atoms with Gasteiger partial charge in [-0.3, -0.25) is 4.72 Å². The van der Waals surface area contributed by atoms with Gasteiger partial charge in [-0.15, -0.1) is 0 Å². The van der Waals surface area contributed by atoms with Gasteiger partial charge < -0.3 is 15.6 Å². The fraction of sp³-hybridized carbons (Fsp3) is 0.522. The fourth-order valence-corrected chi connectivity index (χ4v) is 5.86. The molecule has 2 heterocycles. The average molecular weight is 470 g/mol. The van der Waals surface area contributed by atoms with Crippen molar-refractivity contribution < 1.29 is 8.42 Å². The van der Waals surface area contributed by atoms with E-state index in [0.29, 0.717) is 23.2 Å². The second-order valence-electron chi connectivity index (χ2n) is 9.33. The van der Waals surface area contributed by atoms with Crippen molar-refractivity contribution in [1.29, 1.82) is 0 Å². The van der Waals surface area contributed by atoms with E-state index in [1.165, 1.54) is 12.8 Å². The summed E-state index contributed by atoms with van der Waals surface area (Å²) < 4.78 is 31.0. The van der Waals surface area contributed by atoms with Crippen LogP contribution in [0.1, 0.15) is 63.0 Å². The van der Waals surface area contributed by atoms with E-state index in [2.05, 4.69) is 24.6 Å². The van der Waals surface area contributed by atoms with E-state index in [4.69, 9.17) is 10.7 Å². The van der Waals surface area contributed by atoms with Gasteiger partial charge in [-0.25, -0.2) is 13.4 Å². The molecule has 2 saturated carbocycles. The minimum atomic E-state index is -3.82. The molecule has 0 radical (unpaired) electrons. The molecule has 5 rings (SSSR count). The van der Waals surface area contributed by atoms with Gasteiger partial charge in [0.25, 0.3) is 10.0 Å². The minimum absolute atomic E-state index is 0.186. The predicted molar refractivity (Wildman–Crippen MR) is 129 cm³/mol. The third-order valence-corrected chi connectivity index (χ3v) is 8.16. The lowest BCUT2D eigenvalue weighted by Crippen LogP contribution is -2.33. The molecule has 1 aromatic carbocycles. The molecule has 2 aromatic heterocycles. The van der Waals surface area contributed by atoms with E-state index in [1.807, 2.05) is 6.92 Å². The van der Waals surface area contributed by atoms with E-state index in [0.717, 1.165) is 44.1 Å². The lowest BCUT2D eigenvalue weighted by atomic mass is 9.92. The molecule has 0 amide bonds. The van der Waals surface area contributed by atoms with Crippen molar-refractivity contribution in [3.63, 3.8) is 0 Å². The number of nitrogens with two attached hydrogens (primary N) is 1. The second-order valence-corrected chi connectivity index (χ2v) is 11.0. The SMILES string of the molecule is Cc1ccc(S(=O)(=O)Nc2nc(NC3CCC(N)CC3)nc3c2ncn3C2CCCC2)cc1. The van der Waals surface area contributed by atoms with Crippen molar-refractivity contribution in [2.45, 2.75) is 81.3 Å². The molecule has 33 heavy (non-hydrogen) atoms. The van der Waals surface area contributed by atoms with Crippen molar-refractivity contribution in [1.82, 2.24) is 19.5 Å². The zero-order valence-corrected chi connectivity index (χ0v) is 19.7. The van der Waals surface area contributed by atoms with Crippen LogP contribution in [0.2, 0.25) is 0 Å². The third kappa shape index (κ3) is 4.67. The molecular weight excluding hydrogens is 438 g/mol. The lowest BCUT2D eigenvalue weighted by molar-refractivity contribution is 0.410. The Morgan fingerprint density at radius 1 is 1.00 bits per heavy atom. The maximum absolute atomic E-state index is 13.1. The molecule has 10 heteroatoms. The van der Waals surface area contributed by atoms with Crippen molar-refractivity contribution >= 4 is 33.0 Å². The van der Waals surface area contributed by atoms with Gasteiger partial charge in [-0.05, 0) is 57.6 Å². The highest BCUT2D eigenvalue weighted by molar-refractivity contribution is 7.92. The Morgan fingerprint density at radius 3 is 2.39 bits per heavy atom. The van der Waals surface area contributed by atoms with E-state index in [-0.39, 0.29) is 22.8 Å². The molecule has 0 aliphatic heterocycles. The van der Waals surface area contributed by atoms with Gasteiger partial charge in [0.05, 0.1) is 11.2 Å². The predicted octanol–water partition coefficient (Wildman–Crippen LogP) is 3.73. The highest BCUT2D eigenvalue weighted by Crippen LogP contribution is 2.33. The van der Waals surface area contributed by atoms with Gasteiger partial charge in [0.2, 0.25) is 5.95 Å². The Balaban J connectivity index is 1.52. The summed E-state index contributed by atoms with van der Waals surface area (Å²) in [6.07, 6.45) is 10.0. The molecule has 2 aliphatic carbocycles. The summed E-state index contributed by atoms with van der Waals surface area (Å²) in [4.78, 5) is 14.0. The normalized spacial score (nSPS) is 22.0. The summed E-state index contributed by atoms with van der Waals surface area (Å²) >= 11 is 0. The van der Waals surface area contributed by atoms with Crippen molar-refractivity contribution in [3.8, 4) is 0 Å². The number of benzene rings is 1. The number of nitrogens with one attached hydrogen (secondary N) is 2. The molecule has 0 saturated heterocycles. The van der Waals surface area contributed by atoms with Gasteiger partial charge in [-0.1, -0.05) is 30.5 Å². The number of nitrogens with zero attached hydrogens (tertiary/aromatic N) is 4. The minimum Gasteiger partial charge on any atom is -0.351 e. The fourth-order valence-electron chi connectivity index (χ4n) is 4.85. The molecule has 0 bridgehead atoms. The summed E-state index contributed by atoms with van der Waals surface area (Å²) in [5.74, 6) is 0.622. The number of fused-ring (bicyclic) bond motifs is 1. The van der Waals surface area contributed by atoms with E-state index >= 15 is 0 Å². The van der Waals surface area contributed by atoms with Crippen LogP contribution < -0.4 is 15.8 Å². The smallest absolute Gasteiger partial charge is 0.263 e. The summed E-state index contributed by atoms with van der Waals surface area (Å²) in [5.41, 5.74) is 8.17. The number of aryl methyl sites for hydroxylation is 1. The highest BCUT2D eigenvalue weighted by Gasteiger charge is 2.25. The van der Waals surface area contributed by atoms with Crippen LogP contribution in [0.3, 0.4) is 0 Å². The number of sulfonamides is 1. The molecule has 2 aliphatic rings. The van der Waals surface area contributed by atoms with Crippen molar-refractivity contribution in [2.24, 2.45) is 5.73 Å². The Bertz CT molecular complexity index is 1230. The Hall–Kier alpha value is -2.72. The van der Waals surface area contributed by atoms with E-state index in [1.54, 1.807) is 30.6 Å². The lowest BCUT2D eigenvalue weighted by Gasteiger charge is -2.27. The molecule has 176 valence electrons. The summed E-state index contributed by atoms with van der Waals surface area (Å²) in [6.45, 7) is 1.92. The van der Waals surface area contributed by atoms with Crippen LogP contribution in [0.4, 0.5) is 11.8 Å². The number of imidazole rings is 1. The largest absolute Gasteiger partial charge is 0.351 e. The highest BCUT2D eigenvalue weighted by atomic mass is 32.2. The molecule has 9 nitrogen and oxygen atoms in total. The van der Waals surface area contributed by atoms with Crippen LogP contribution in [0.15, 0.2) is 35.5 Å². The van der Waals surface area contributed by atoms with Gasteiger partial charge in [0.1, 0.15) is 0 Å². The maximum atomic E-state index is 13.1. The Kier molecular flexibility index (Phi) is 5.96. The van der Waals surface area contributed by atoms with Crippen molar-refractivity contribution in [3.05, 3.63) is 36.2 Å². The van der Waals surface area contributed by atoms with Crippen LogP contribution in [0, 0.1) is 6.92 Å². The van der Waals surface area contributed by atoms with Crippen LogP contribution in [0.25, 0.3) is 11.2 Å². The first-order valence-corrected chi connectivity index (χ1v) is 13.2. The first kappa shape index (κ1) is 22.1. The third-order valence-electron chi connectivity index (χ3n) is 6.81. The Labute approximate surface area is 194 Å². The van der Waals surface area contributed by atoms with Gasteiger partial charge >= 0.3 is 0 Å². The number of hydrogen-bond acceptors (Lipinski definition) is 7. The Morgan fingerprint density at radius 2 is 1.70 bits per heavy atom. The number of rotatable bonds is 6. The number of anilines is 2. The van der Waals surface area contributed by atoms with Gasteiger partial charge in [0, 0.05) is 18.1 Å². The van der Waals surface area contributed by atoms with Crippen LogP contribution in [-0.2, 0) is 10.0 Å². The molecule has 0 atom stereocenters. The van der Waals surface area contributed by atoms with E-state index < -0.39 is 10.0 Å². The quantitative estimate of drug-likeness (QED) is 0.502. The number of aromatic nitrogens is 4. The molecule has 0 spiro atoms. The second kappa shape index (κ2) is 8.90. The monoisotopic (exact) mass is 469 g/mol. The van der Waals surface area contributed by atoms with Gasteiger partial charge in [-0.2, -0.15) is 9.97 Å². The molecule has 2 fully saturated rings. The summed E-state index contributed by atoms with van der Waals surface area (Å²) in [5, 5.41) is 3.42. The molecule has 0 unspecified atom stereocenters. The summed E-state index contributed by atoms with van der Waals surface area (Å²) in [7, 11) is -3.82.